The molecule has 2 fully saturated rings. The zero-order chi connectivity index (χ0) is 21.2. The molecule has 4 N–H and O–H groups in total. The molecule has 0 spiro atoms. The van der Waals surface area contributed by atoms with E-state index in [-0.39, 0.29) is 23.1 Å². The fraction of sp³-hybridized carbons (Fsp3) is 0.688. The molecule has 1 aromatic heterocycles. The Hall–Kier alpha value is -1.89. The Morgan fingerprint density at radius 1 is 1.31 bits per heavy atom. The molecule has 29 heavy (non-hydrogen) atoms. The normalized spacial score (nSPS) is 25.2. The van der Waals surface area contributed by atoms with Crippen LogP contribution in [0.15, 0.2) is 11.0 Å². The largest absolute Gasteiger partial charge is 0.465 e. The molecule has 2 aliphatic rings. The third kappa shape index (κ3) is 5.00. The van der Waals surface area contributed by atoms with Gasteiger partial charge in [0.15, 0.2) is 0 Å². The van der Waals surface area contributed by atoms with E-state index in [4.69, 9.17) is 11.6 Å². The minimum Gasteiger partial charge on any atom is -0.465 e. The van der Waals surface area contributed by atoms with Crippen molar-refractivity contribution in [3.8, 4) is 0 Å². The third-order valence-electron chi connectivity index (χ3n) is 5.58. The SMILES string of the molecule is CNS(=O)(=O)N[C@H]1CC[C@H](N(C(=O)O)C2CCN(c3cn[nH]c(=O)c3Cl)C2)CC1. The van der Waals surface area contributed by atoms with Crippen molar-refractivity contribution in [3.63, 3.8) is 0 Å². The Morgan fingerprint density at radius 2 is 2.00 bits per heavy atom. The predicted octanol–water partition coefficient (Wildman–Crippen LogP) is 0.347. The molecular formula is C16H25ClN6O5S. The maximum absolute atomic E-state index is 12.0. The molecule has 1 saturated carbocycles. The molecule has 1 aliphatic carbocycles. The highest BCUT2D eigenvalue weighted by molar-refractivity contribution is 7.87. The van der Waals surface area contributed by atoms with Crippen LogP contribution < -0.4 is 19.9 Å². The van der Waals surface area contributed by atoms with Crippen LogP contribution in [0.2, 0.25) is 5.02 Å². The minimum absolute atomic E-state index is 0.0415. The number of aromatic nitrogens is 2. The summed E-state index contributed by atoms with van der Waals surface area (Å²) < 4.78 is 28.1. The van der Waals surface area contributed by atoms with Gasteiger partial charge in [-0.15, -0.1) is 0 Å². The number of aromatic amines is 1. The summed E-state index contributed by atoms with van der Waals surface area (Å²) in [6, 6.07) is -0.626. The van der Waals surface area contributed by atoms with Gasteiger partial charge in [-0.3, -0.25) is 4.79 Å². The molecule has 1 saturated heterocycles. The first-order valence-corrected chi connectivity index (χ1v) is 11.3. The molecule has 0 aromatic carbocycles. The van der Waals surface area contributed by atoms with Gasteiger partial charge in [-0.1, -0.05) is 11.6 Å². The van der Waals surface area contributed by atoms with Crippen LogP contribution in [0.1, 0.15) is 32.1 Å². The van der Waals surface area contributed by atoms with Crippen LogP contribution in [0.5, 0.6) is 0 Å². The van der Waals surface area contributed by atoms with Crippen molar-refractivity contribution in [2.24, 2.45) is 0 Å². The number of anilines is 1. The third-order valence-corrected chi connectivity index (χ3v) is 7.12. The van der Waals surface area contributed by atoms with E-state index in [0.29, 0.717) is 50.9 Å². The fourth-order valence-corrected chi connectivity index (χ4v) is 5.15. The number of hydrogen-bond donors (Lipinski definition) is 4. The molecule has 11 nitrogen and oxygen atoms in total. The van der Waals surface area contributed by atoms with Crippen molar-refractivity contribution < 1.29 is 18.3 Å². The van der Waals surface area contributed by atoms with Crippen molar-refractivity contribution >= 4 is 33.6 Å². The van der Waals surface area contributed by atoms with Crippen molar-refractivity contribution in [1.82, 2.24) is 24.5 Å². The second-order valence-electron chi connectivity index (χ2n) is 7.31. The second kappa shape index (κ2) is 8.86. The maximum Gasteiger partial charge on any atom is 0.407 e. The van der Waals surface area contributed by atoms with Gasteiger partial charge in [-0.25, -0.2) is 14.6 Å². The second-order valence-corrected chi connectivity index (χ2v) is 9.34. The number of hydrogen-bond acceptors (Lipinski definition) is 6. The van der Waals surface area contributed by atoms with Crippen molar-refractivity contribution in [3.05, 3.63) is 21.6 Å². The molecule has 13 heteroatoms. The summed E-state index contributed by atoms with van der Waals surface area (Å²) in [6.07, 6.45) is 3.37. The molecule has 2 heterocycles. The Bertz CT molecular complexity index is 901. The molecule has 0 bridgehead atoms. The fourth-order valence-electron chi connectivity index (χ4n) is 4.14. The minimum atomic E-state index is -3.52. The standard InChI is InChI=1S/C16H25ClN6O5S/c1-18-29(27,28)21-10-2-4-11(5-3-10)23(16(25)26)12-6-7-22(9-12)13-8-19-20-15(24)14(13)17/h8,10-12,18,21H,2-7,9H2,1H3,(H,20,24)(H,25,26)/t10-,11-,12?. The summed E-state index contributed by atoms with van der Waals surface area (Å²) in [6.45, 7) is 0.986. The van der Waals surface area contributed by atoms with Gasteiger partial charge in [0.05, 0.1) is 17.9 Å². The lowest BCUT2D eigenvalue weighted by atomic mass is 9.90. The van der Waals surface area contributed by atoms with E-state index in [1.165, 1.54) is 18.1 Å². The van der Waals surface area contributed by atoms with Crippen LogP contribution in [0, 0.1) is 0 Å². The van der Waals surface area contributed by atoms with Crippen LogP contribution in [0.25, 0.3) is 0 Å². The van der Waals surface area contributed by atoms with Crippen LogP contribution in [-0.2, 0) is 10.2 Å². The quantitative estimate of drug-likeness (QED) is 0.490. The summed E-state index contributed by atoms with van der Waals surface area (Å²) in [5, 5.41) is 15.9. The van der Waals surface area contributed by atoms with E-state index >= 15 is 0 Å². The molecular weight excluding hydrogens is 424 g/mol. The van der Waals surface area contributed by atoms with Crippen molar-refractivity contribution in [2.45, 2.75) is 50.2 Å². The first-order chi connectivity index (χ1) is 13.7. The lowest BCUT2D eigenvalue weighted by Gasteiger charge is -2.38. The van der Waals surface area contributed by atoms with Gasteiger partial charge in [0.2, 0.25) is 0 Å². The van der Waals surface area contributed by atoms with Crippen molar-refractivity contribution in [1.29, 1.82) is 0 Å². The lowest BCUT2D eigenvalue weighted by Crippen LogP contribution is -2.51. The topological polar surface area (TPSA) is 148 Å². The van der Waals surface area contributed by atoms with E-state index < -0.39 is 21.9 Å². The molecule has 1 unspecified atom stereocenters. The first-order valence-electron chi connectivity index (χ1n) is 9.42. The molecule has 1 aromatic rings. The number of amides is 1. The van der Waals surface area contributed by atoms with E-state index in [0.717, 1.165) is 0 Å². The maximum atomic E-state index is 12.0. The van der Waals surface area contributed by atoms with E-state index in [9.17, 15) is 23.1 Å². The zero-order valence-corrected chi connectivity index (χ0v) is 17.5. The molecule has 3 rings (SSSR count). The first kappa shape index (κ1) is 21.8. The number of nitrogens with zero attached hydrogens (tertiary/aromatic N) is 3. The van der Waals surface area contributed by atoms with Gasteiger partial charge in [-0.05, 0) is 32.1 Å². The van der Waals surface area contributed by atoms with Crippen molar-refractivity contribution in [2.75, 3.05) is 25.0 Å². The zero-order valence-electron chi connectivity index (χ0n) is 16.0. The Labute approximate surface area is 173 Å². The van der Waals surface area contributed by atoms with Gasteiger partial charge in [0.1, 0.15) is 5.02 Å². The van der Waals surface area contributed by atoms with E-state index in [1.54, 1.807) is 0 Å². The monoisotopic (exact) mass is 448 g/mol. The summed E-state index contributed by atoms with van der Waals surface area (Å²) in [5.74, 6) is 0. The number of carbonyl (C=O) groups is 1. The Balaban J connectivity index is 1.65. The van der Waals surface area contributed by atoms with Gasteiger partial charge in [0.25, 0.3) is 15.8 Å². The Morgan fingerprint density at radius 3 is 2.62 bits per heavy atom. The molecule has 0 radical (unpaired) electrons. The molecule has 1 atom stereocenters. The molecule has 1 amide bonds. The number of halogens is 1. The summed E-state index contributed by atoms with van der Waals surface area (Å²) in [5.41, 5.74) is 0.0125. The van der Waals surface area contributed by atoms with Crippen LogP contribution in [-0.4, -0.2) is 73.0 Å². The van der Waals surface area contributed by atoms with Gasteiger partial charge >= 0.3 is 6.09 Å². The summed E-state index contributed by atoms with van der Waals surface area (Å²) >= 11 is 6.08. The van der Waals surface area contributed by atoms with Gasteiger partial charge < -0.3 is 14.9 Å². The molecule has 1 aliphatic heterocycles. The van der Waals surface area contributed by atoms with Gasteiger partial charge in [-0.2, -0.15) is 18.2 Å². The number of H-pyrrole nitrogens is 1. The highest BCUT2D eigenvalue weighted by atomic mass is 35.5. The highest BCUT2D eigenvalue weighted by Gasteiger charge is 2.38. The highest BCUT2D eigenvalue weighted by Crippen LogP contribution is 2.31. The number of nitrogens with one attached hydrogen (secondary N) is 3. The molecule has 162 valence electrons. The van der Waals surface area contributed by atoms with Gasteiger partial charge in [0, 0.05) is 32.2 Å². The summed E-state index contributed by atoms with van der Waals surface area (Å²) in [7, 11) is -2.18. The average Bonchev–Trinajstić information content (AvgIpc) is 3.14. The van der Waals surface area contributed by atoms with E-state index in [1.807, 2.05) is 4.90 Å². The van der Waals surface area contributed by atoms with Crippen LogP contribution in [0.4, 0.5) is 10.5 Å². The smallest absolute Gasteiger partial charge is 0.407 e. The van der Waals surface area contributed by atoms with Crippen LogP contribution in [0.3, 0.4) is 0 Å². The van der Waals surface area contributed by atoms with E-state index in [2.05, 4.69) is 19.6 Å². The summed E-state index contributed by atoms with van der Waals surface area (Å²) in [4.78, 5) is 27.0. The average molecular weight is 449 g/mol. The predicted molar refractivity (Wildman–Crippen MR) is 108 cm³/mol. The van der Waals surface area contributed by atoms with Crippen LogP contribution >= 0.6 is 11.6 Å². The lowest BCUT2D eigenvalue weighted by molar-refractivity contribution is 0.0859. The Kier molecular flexibility index (Phi) is 6.66. The number of carboxylic acid groups (broad SMARTS) is 1. The number of rotatable bonds is 6.